The van der Waals surface area contributed by atoms with Crippen molar-refractivity contribution in [2.75, 3.05) is 37.4 Å². The molecule has 2 heterocycles. The van der Waals surface area contributed by atoms with Crippen molar-refractivity contribution in [1.82, 2.24) is 20.3 Å². The van der Waals surface area contributed by atoms with E-state index >= 15 is 0 Å². The van der Waals surface area contributed by atoms with Crippen LogP contribution in [-0.2, 0) is 11.2 Å². The second-order valence-corrected chi connectivity index (χ2v) is 10.5. The van der Waals surface area contributed by atoms with Crippen molar-refractivity contribution in [1.29, 1.82) is 0 Å². The molecule has 3 rings (SSSR count). The molecule has 0 saturated heterocycles. The minimum atomic E-state index is -0.480. The second kappa shape index (κ2) is 12.8. The van der Waals surface area contributed by atoms with Crippen LogP contribution >= 0.6 is 0 Å². The lowest BCUT2D eigenvalue weighted by atomic mass is 10.0. The minimum Gasteiger partial charge on any atom is -0.488 e. The molecule has 0 bridgehead atoms. The van der Waals surface area contributed by atoms with E-state index in [1.165, 1.54) is 4.90 Å². The highest BCUT2D eigenvalue weighted by atomic mass is 16.5. The number of aromatic nitrogens is 1. The molecule has 1 aromatic heterocycles. The Balaban J connectivity index is 1.88. The molecule has 0 saturated carbocycles. The zero-order valence-electron chi connectivity index (χ0n) is 23.7. The quantitative estimate of drug-likeness (QED) is 0.418. The minimum absolute atomic E-state index is 0.0306. The fourth-order valence-corrected chi connectivity index (χ4v) is 4.37. The molecule has 2 aromatic rings. The highest BCUT2D eigenvalue weighted by Gasteiger charge is 2.32. The summed E-state index contributed by atoms with van der Waals surface area (Å²) < 4.78 is 11.6. The number of carbonyl (C=O) groups is 3. The van der Waals surface area contributed by atoms with Crippen molar-refractivity contribution in [3.05, 3.63) is 35.2 Å². The molecule has 1 aromatic carbocycles. The summed E-state index contributed by atoms with van der Waals surface area (Å²) in [5, 5.41) is 22.1. The number of aliphatic hydroxyl groups excluding tert-OH is 1. The molecule has 39 heavy (non-hydrogen) atoms. The van der Waals surface area contributed by atoms with Crippen molar-refractivity contribution >= 4 is 29.3 Å². The van der Waals surface area contributed by atoms with Gasteiger partial charge in [-0.25, -0.2) is 9.59 Å². The average molecular weight is 545 g/mol. The van der Waals surface area contributed by atoms with E-state index in [2.05, 4.69) is 21.1 Å². The van der Waals surface area contributed by atoms with Gasteiger partial charge in [-0.2, -0.15) is 0 Å². The first-order valence-corrected chi connectivity index (χ1v) is 13.1. The molecule has 4 N–H and O–H groups in total. The number of benzene rings is 1. The van der Waals surface area contributed by atoms with Crippen molar-refractivity contribution in [3.63, 3.8) is 0 Å². The second-order valence-electron chi connectivity index (χ2n) is 10.5. The van der Waals surface area contributed by atoms with E-state index in [1.807, 2.05) is 20.8 Å². The van der Waals surface area contributed by atoms with E-state index in [-0.39, 0.29) is 49.5 Å². The Morgan fingerprint density at radius 3 is 2.56 bits per heavy atom. The molecule has 214 valence electrons. The summed E-state index contributed by atoms with van der Waals surface area (Å²) in [5.74, 6) is 0.655. The van der Waals surface area contributed by atoms with Gasteiger partial charge in [0.2, 0.25) is 5.91 Å². The van der Waals surface area contributed by atoms with E-state index in [0.717, 1.165) is 0 Å². The highest BCUT2D eigenvalue weighted by Crippen LogP contribution is 2.29. The third kappa shape index (κ3) is 7.62. The molecule has 0 spiro atoms. The van der Waals surface area contributed by atoms with Gasteiger partial charge in [-0.3, -0.25) is 4.79 Å². The number of nitrogens with one attached hydrogen (secondary N) is 3. The van der Waals surface area contributed by atoms with Crippen LogP contribution in [0.2, 0.25) is 0 Å². The Bertz CT molecular complexity index is 1160. The van der Waals surface area contributed by atoms with Gasteiger partial charge in [0.05, 0.1) is 25.6 Å². The van der Waals surface area contributed by atoms with Crippen LogP contribution < -0.4 is 20.7 Å². The van der Waals surface area contributed by atoms with Gasteiger partial charge < -0.3 is 40.1 Å². The zero-order chi connectivity index (χ0) is 28.9. The van der Waals surface area contributed by atoms with Gasteiger partial charge in [0.15, 0.2) is 5.76 Å². The maximum absolute atomic E-state index is 13.4. The van der Waals surface area contributed by atoms with Crippen LogP contribution in [0.5, 0.6) is 5.75 Å². The van der Waals surface area contributed by atoms with Crippen LogP contribution in [0.15, 0.2) is 22.7 Å². The molecule has 12 heteroatoms. The number of ether oxygens (including phenoxy) is 1. The van der Waals surface area contributed by atoms with Gasteiger partial charge in [-0.1, -0.05) is 12.1 Å². The lowest BCUT2D eigenvalue weighted by Crippen LogP contribution is -2.48. The van der Waals surface area contributed by atoms with Gasteiger partial charge in [0.25, 0.3) is 0 Å². The van der Waals surface area contributed by atoms with Crippen molar-refractivity contribution in [2.45, 2.75) is 66.2 Å². The molecule has 1 aliphatic heterocycles. The monoisotopic (exact) mass is 544 g/mol. The molecule has 12 nitrogen and oxygen atoms in total. The fraction of sp³-hybridized carbons (Fsp3) is 0.556. The zero-order valence-corrected chi connectivity index (χ0v) is 23.7. The van der Waals surface area contributed by atoms with Crippen LogP contribution in [-0.4, -0.2) is 83.0 Å². The normalized spacial score (nSPS) is 18.3. The lowest BCUT2D eigenvalue weighted by molar-refractivity contribution is -0.134. The summed E-state index contributed by atoms with van der Waals surface area (Å²) >= 11 is 0. The number of rotatable bonds is 7. The molecule has 0 unspecified atom stereocenters. The summed E-state index contributed by atoms with van der Waals surface area (Å²) in [5.41, 5.74) is 2.22. The van der Waals surface area contributed by atoms with Crippen LogP contribution in [0.3, 0.4) is 0 Å². The number of fused-ring (bicyclic) bond motifs is 1. The summed E-state index contributed by atoms with van der Waals surface area (Å²) in [7, 11) is 1.66. The molecule has 3 atom stereocenters. The summed E-state index contributed by atoms with van der Waals surface area (Å²) in [6.07, 6.45) is -0.450. The van der Waals surface area contributed by atoms with Crippen LogP contribution in [0.25, 0.3) is 0 Å². The topological polar surface area (TPSA) is 149 Å². The fourth-order valence-electron chi connectivity index (χ4n) is 4.37. The largest absolute Gasteiger partial charge is 0.488 e. The number of aryl methyl sites for hydroxylation is 2. The summed E-state index contributed by atoms with van der Waals surface area (Å²) in [4.78, 5) is 41.8. The Labute approximate surface area is 229 Å². The highest BCUT2D eigenvalue weighted by molar-refractivity contribution is 5.91. The average Bonchev–Trinajstić information content (AvgIpc) is 3.20. The van der Waals surface area contributed by atoms with Gasteiger partial charge in [-0.05, 0) is 52.8 Å². The first-order valence-electron chi connectivity index (χ1n) is 13.1. The van der Waals surface area contributed by atoms with E-state index in [1.54, 1.807) is 50.9 Å². The van der Waals surface area contributed by atoms with Gasteiger partial charge in [0.1, 0.15) is 23.2 Å². The van der Waals surface area contributed by atoms with Crippen LogP contribution in [0.4, 0.5) is 21.0 Å². The maximum Gasteiger partial charge on any atom is 0.321 e. The number of amides is 5. The number of hydrogen-bond donors (Lipinski definition) is 4. The lowest BCUT2D eigenvalue weighted by Gasteiger charge is -2.34. The molecule has 0 radical (unpaired) electrons. The van der Waals surface area contributed by atoms with Crippen LogP contribution in [0, 0.1) is 19.8 Å². The van der Waals surface area contributed by atoms with E-state index in [4.69, 9.17) is 9.26 Å². The predicted octanol–water partition coefficient (Wildman–Crippen LogP) is 3.13. The molecular weight excluding hydrogens is 504 g/mol. The predicted molar refractivity (Wildman–Crippen MR) is 147 cm³/mol. The Morgan fingerprint density at radius 1 is 1.23 bits per heavy atom. The first-order chi connectivity index (χ1) is 18.4. The smallest absolute Gasteiger partial charge is 0.321 e. The van der Waals surface area contributed by atoms with Gasteiger partial charge in [0, 0.05) is 36.8 Å². The molecule has 0 aliphatic carbocycles. The Morgan fingerprint density at radius 2 is 1.95 bits per heavy atom. The third-order valence-corrected chi connectivity index (χ3v) is 6.66. The van der Waals surface area contributed by atoms with E-state index in [9.17, 15) is 19.5 Å². The third-order valence-electron chi connectivity index (χ3n) is 6.66. The summed E-state index contributed by atoms with van der Waals surface area (Å²) in [6, 6.07) is 4.01. The first kappa shape index (κ1) is 29.8. The van der Waals surface area contributed by atoms with Gasteiger partial charge >= 0.3 is 12.1 Å². The van der Waals surface area contributed by atoms with Gasteiger partial charge in [-0.15, -0.1) is 0 Å². The van der Waals surface area contributed by atoms with Crippen molar-refractivity contribution in [3.8, 4) is 5.75 Å². The van der Waals surface area contributed by atoms with E-state index in [0.29, 0.717) is 40.7 Å². The Hall–Kier alpha value is -3.80. The molecular formula is C27H40N6O6. The number of hydrogen-bond acceptors (Lipinski definition) is 7. The number of aliphatic hydroxyl groups is 1. The number of anilines is 2. The molecule has 0 fully saturated rings. The van der Waals surface area contributed by atoms with Crippen LogP contribution in [0.1, 0.15) is 44.7 Å². The number of nitrogens with zero attached hydrogens (tertiary/aromatic N) is 3. The summed E-state index contributed by atoms with van der Waals surface area (Å²) in [6.45, 7) is 11.3. The SMILES string of the molecule is Cc1noc(C)c1NC(=O)N(C)C[C@@H]1Oc2ccc(NC(=O)NC(C)C)cc2CC(=O)N([C@@H](C)CO)C[C@@H]1C. The Kier molecular flexibility index (Phi) is 9.79. The van der Waals surface area contributed by atoms with E-state index < -0.39 is 12.1 Å². The van der Waals surface area contributed by atoms with Crippen molar-refractivity contribution < 1.29 is 28.8 Å². The maximum atomic E-state index is 13.4. The number of urea groups is 2. The molecule has 5 amide bonds. The molecule has 1 aliphatic rings. The standard InChI is InChI=1S/C27H40N6O6/c1-15(2)28-26(36)29-21-8-9-22-20(10-21)11-24(35)33(17(4)14-34)12-16(3)23(38-22)13-32(7)27(37)30-25-18(5)31-39-19(25)6/h8-10,15-17,23,34H,11-14H2,1-7H3,(H,30,37)(H2,28,29,36)/t16-,17-,23-/m0/s1. The number of carbonyl (C=O) groups excluding carboxylic acids is 3. The number of likely N-dealkylation sites (N-methyl/N-ethyl adjacent to an activating group) is 1. The van der Waals surface area contributed by atoms with Crippen molar-refractivity contribution in [2.24, 2.45) is 5.92 Å².